The van der Waals surface area contributed by atoms with Gasteiger partial charge in [0.05, 0.1) is 12.8 Å². The fraction of sp³-hybridized carbons (Fsp3) is 0.667. The Morgan fingerprint density at radius 1 is 1.40 bits per heavy atom. The zero-order valence-corrected chi connectivity index (χ0v) is 9.99. The van der Waals surface area contributed by atoms with Crippen LogP contribution >= 0.6 is 0 Å². The fourth-order valence-corrected chi connectivity index (χ4v) is 1.79. The molecule has 0 saturated carbocycles. The molecular weight excluding hydrogens is 188 g/mol. The summed E-state index contributed by atoms with van der Waals surface area (Å²) in [7, 11) is 0. The molecule has 0 aliphatic carbocycles. The minimum absolute atomic E-state index is 0.579. The number of hydrogen-bond donors (Lipinski definition) is 1. The Hall–Kier alpha value is -0.800. The van der Waals surface area contributed by atoms with Crippen molar-refractivity contribution in [3.05, 3.63) is 24.2 Å². The molecule has 0 spiro atoms. The summed E-state index contributed by atoms with van der Waals surface area (Å²) in [5, 5.41) is 3.40. The average Bonchev–Trinajstić information content (AvgIpc) is 2.72. The van der Waals surface area contributed by atoms with E-state index in [0.29, 0.717) is 6.04 Å². The van der Waals surface area contributed by atoms with Gasteiger partial charge in [0, 0.05) is 12.6 Å². The number of nitrogens with one attached hydrogen (secondary N) is 1. The maximum atomic E-state index is 5.25. The van der Waals surface area contributed by atoms with Crippen molar-refractivity contribution < 1.29 is 4.42 Å². The molecule has 0 amide bonds. The first-order valence-electron chi connectivity index (χ1n) is 5.75. The molecule has 1 atom stereocenters. The molecule has 1 aromatic heterocycles. The zero-order valence-electron chi connectivity index (χ0n) is 9.99. The van der Waals surface area contributed by atoms with Gasteiger partial charge in [0.1, 0.15) is 5.76 Å². The Balaban J connectivity index is 2.19. The van der Waals surface area contributed by atoms with Crippen LogP contribution < -0.4 is 5.32 Å². The van der Waals surface area contributed by atoms with Crippen LogP contribution in [0.3, 0.4) is 0 Å². The summed E-state index contributed by atoms with van der Waals surface area (Å²) in [6.45, 7) is 10.7. The number of rotatable bonds is 7. The Morgan fingerprint density at radius 3 is 2.67 bits per heavy atom. The highest BCUT2D eigenvalue weighted by Gasteiger charge is 2.08. The molecule has 1 unspecified atom stereocenters. The van der Waals surface area contributed by atoms with Crippen molar-refractivity contribution in [2.75, 3.05) is 19.6 Å². The standard InChI is InChI=1S/C12H22N2O/c1-4-14(5-2)11(3)9-13-10-12-7-6-8-15-12/h6-8,11,13H,4-5,9-10H2,1-3H3. The number of furan rings is 1. The second kappa shape index (κ2) is 6.64. The number of nitrogens with zero attached hydrogens (tertiary/aromatic N) is 1. The Labute approximate surface area is 92.5 Å². The summed E-state index contributed by atoms with van der Waals surface area (Å²) < 4.78 is 5.25. The molecule has 15 heavy (non-hydrogen) atoms. The molecule has 86 valence electrons. The van der Waals surface area contributed by atoms with E-state index in [2.05, 4.69) is 31.0 Å². The topological polar surface area (TPSA) is 28.4 Å². The van der Waals surface area contributed by atoms with Crippen molar-refractivity contribution in [3.63, 3.8) is 0 Å². The van der Waals surface area contributed by atoms with Gasteiger partial charge in [-0.25, -0.2) is 0 Å². The van der Waals surface area contributed by atoms with E-state index in [0.717, 1.165) is 31.9 Å². The molecule has 0 saturated heterocycles. The molecule has 1 N–H and O–H groups in total. The molecule has 0 bridgehead atoms. The second-order valence-electron chi connectivity index (χ2n) is 3.78. The van der Waals surface area contributed by atoms with Gasteiger partial charge in [0.25, 0.3) is 0 Å². The smallest absolute Gasteiger partial charge is 0.117 e. The van der Waals surface area contributed by atoms with Crippen molar-refractivity contribution in [2.24, 2.45) is 0 Å². The molecule has 0 aromatic carbocycles. The van der Waals surface area contributed by atoms with Gasteiger partial charge in [0.15, 0.2) is 0 Å². The quantitative estimate of drug-likeness (QED) is 0.747. The molecule has 0 aliphatic rings. The second-order valence-corrected chi connectivity index (χ2v) is 3.78. The minimum Gasteiger partial charge on any atom is -0.468 e. The fourth-order valence-electron chi connectivity index (χ4n) is 1.79. The molecule has 3 nitrogen and oxygen atoms in total. The van der Waals surface area contributed by atoms with Gasteiger partial charge in [0.2, 0.25) is 0 Å². The number of likely N-dealkylation sites (N-methyl/N-ethyl adjacent to an activating group) is 1. The Bertz CT molecular complexity index is 242. The maximum Gasteiger partial charge on any atom is 0.117 e. The van der Waals surface area contributed by atoms with Crippen LogP contribution in [0.4, 0.5) is 0 Å². The van der Waals surface area contributed by atoms with Gasteiger partial charge in [-0.2, -0.15) is 0 Å². The van der Waals surface area contributed by atoms with Crippen molar-refractivity contribution in [1.29, 1.82) is 0 Å². The van der Waals surface area contributed by atoms with E-state index in [4.69, 9.17) is 4.42 Å². The predicted octanol–water partition coefficient (Wildman–Crippen LogP) is 2.10. The summed E-state index contributed by atoms with van der Waals surface area (Å²) >= 11 is 0. The van der Waals surface area contributed by atoms with Crippen LogP contribution in [0, 0.1) is 0 Å². The van der Waals surface area contributed by atoms with Crippen LogP contribution in [-0.2, 0) is 6.54 Å². The Kier molecular flexibility index (Phi) is 5.43. The van der Waals surface area contributed by atoms with E-state index in [9.17, 15) is 0 Å². The van der Waals surface area contributed by atoms with Crippen molar-refractivity contribution >= 4 is 0 Å². The van der Waals surface area contributed by atoms with Gasteiger partial charge < -0.3 is 9.73 Å². The van der Waals surface area contributed by atoms with Gasteiger partial charge in [-0.3, -0.25) is 4.90 Å². The maximum absolute atomic E-state index is 5.25. The summed E-state index contributed by atoms with van der Waals surface area (Å²) in [6, 6.07) is 4.50. The molecule has 0 aliphatic heterocycles. The zero-order chi connectivity index (χ0) is 11.1. The third kappa shape index (κ3) is 4.06. The lowest BCUT2D eigenvalue weighted by Gasteiger charge is -2.26. The van der Waals surface area contributed by atoms with Crippen molar-refractivity contribution in [1.82, 2.24) is 10.2 Å². The summed E-state index contributed by atoms with van der Waals surface area (Å²) in [6.07, 6.45) is 1.71. The molecule has 1 rings (SSSR count). The van der Waals surface area contributed by atoms with Crippen LogP contribution in [0.1, 0.15) is 26.5 Å². The van der Waals surface area contributed by atoms with Gasteiger partial charge in [-0.05, 0) is 32.1 Å². The predicted molar refractivity (Wildman–Crippen MR) is 62.8 cm³/mol. The molecular formula is C12H22N2O. The van der Waals surface area contributed by atoms with Crippen LogP contribution in [0.15, 0.2) is 22.8 Å². The summed E-state index contributed by atoms with van der Waals surface area (Å²) in [5.41, 5.74) is 0. The van der Waals surface area contributed by atoms with Crippen molar-refractivity contribution in [2.45, 2.75) is 33.4 Å². The summed E-state index contributed by atoms with van der Waals surface area (Å²) in [5.74, 6) is 1.00. The lowest BCUT2D eigenvalue weighted by molar-refractivity contribution is 0.224. The highest BCUT2D eigenvalue weighted by molar-refractivity contribution is 4.97. The van der Waals surface area contributed by atoms with Crippen LogP contribution in [-0.4, -0.2) is 30.6 Å². The lowest BCUT2D eigenvalue weighted by Crippen LogP contribution is -2.39. The molecule has 3 heteroatoms. The Morgan fingerprint density at radius 2 is 2.13 bits per heavy atom. The van der Waals surface area contributed by atoms with Crippen LogP contribution in [0.5, 0.6) is 0 Å². The van der Waals surface area contributed by atoms with Gasteiger partial charge in [-0.1, -0.05) is 13.8 Å². The summed E-state index contributed by atoms with van der Waals surface area (Å²) in [4.78, 5) is 2.44. The van der Waals surface area contributed by atoms with E-state index in [1.54, 1.807) is 6.26 Å². The largest absolute Gasteiger partial charge is 0.468 e. The molecule has 0 radical (unpaired) electrons. The monoisotopic (exact) mass is 210 g/mol. The van der Waals surface area contributed by atoms with E-state index < -0.39 is 0 Å². The first-order valence-corrected chi connectivity index (χ1v) is 5.75. The first kappa shape index (κ1) is 12.3. The van der Waals surface area contributed by atoms with E-state index >= 15 is 0 Å². The van der Waals surface area contributed by atoms with Crippen LogP contribution in [0.2, 0.25) is 0 Å². The highest BCUT2D eigenvalue weighted by Crippen LogP contribution is 2.00. The molecule has 0 fully saturated rings. The SMILES string of the molecule is CCN(CC)C(C)CNCc1ccco1. The van der Waals surface area contributed by atoms with E-state index in [1.807, 2.05) is 12.1 Å². The minimum atomic E-state index is 0.579. The van der Waals surface area contributed by atoms with E-state index in [-0.39, 0.29) is 0 Å². The normalized spacial score (nSPS) is 13.3. The van der Waals surface area contributed by atoms with Crippen LogP contribution in [0.25, 0.3) is 0 Å². The third-order valence-electron chi connectivity index (χ3n) is 2.75. The van der Waals surface area contributed by atoms with Gasteiger partial charge in [-0.15, -0.1) is 0 Å². The highest BCUT2D eigenvalue weighted by atomic mass is 16.3. The lowest BCUT2D eigenvalue weighted by atomic mass is 10.2. The third-order valence-corrected chi connectivity index (χ3v) is 2.75. The molecule has 1 heterocycles. The average molecular weight is 210 g/mol. The number of hydrogen-bond acceptors (Lipinski definition) is 3. The molecule has 1 aromatic rings. The first-order chi connectivity index (χ1) is 7.27. The van der Waals surface area contributed by atoms with E-state index in [1.165, 1.54) is 0 Å². The van der Waals surface area contributed by atoms with Crippen molar-refractivity contribution in [3.8, 4) is 0 Å². The van der Waals surface area contributed by atoms with Gasteiger partial charge >= 0.3 is 0 Å².